The Labute approximate surface area is 150 Å². The van der Waals surface area contributed by atoms with Gasteiger partial charge in [0, 0.05) is 0 Å². The van der Waals surface area contributed by atoms with E-state index in [-0.39, 0.29) is 5.41 Å². The predicted octanol–water partition coefficient (Wildman–Crippen LogP) is 4.86. The molecule has 2 aliphatic carbocycles. The molecule has 2 aliphatic rings. The lowest BCUT2D eigenvalue weighted by atomic mass is 9.83. The lowest BCUT2D eigenvalue weighted by Crippen LogP contribution is -2.24. The highest BCUT2D eigenvalue weighted by Gasteiger charge is 2.22. The van der Waals surface area contributed by atoms with E-state index in [1.807, 2.05) is 0 Å². The van der Waals surface area contributed by atoms with Gasteiger partial charge in [-0.25, -0.2) is 0 Å². The Bertz CT molecular complexity index is 1140. The van der Waals surface area contributed by atoms with Gasteiger partial charge in [0.1, 0.15) is 0 Å². The van der Waals surface area contributed by atoms with Crippen LogP contribution < -0.4 is 10.4 Å². The maximum atomic E-state index is 2.45. The summed E-state index contributed by atoms with van der Waals surface area (Å²) in [5.41, 5.74) is 7.24. The Morgan fingerprint density at radius 2 is 1.64 bits per heavy atom. The Morgan fingerprint density at radius 3 is 2.24 bits per heavy atom. The number of rotatable bonds is 1. The van der Waals surface area contributed by atoms with Crippen molar-refractivity contribution in [3.8, 4) is 0 Å². The van der Waals surface area contributed by atoms with Gasteiger partial charge in [0.05, 0.1) is 0 Å². The van der Waals surface area contributed by atoms with Crippen molar-refractivity contribution < 1.29 is 0 Å². The molecule has 0 bridgehead atoms. The van der Waals surface area contributed by atoms with Gasteiger partial charge in [0.2, 0.25) is 0 Å². The van der Waals surface area contributed by atoms with Gasteiger partial charge in [0.25, 0.3) is 0 Å². The van der Waals surface area contributed by atoms with Crippen LogP contribution in [0.1, 0.15) is 52.2 Å². The van der Waals surface area contributed by atoms with E-state index in [4.69, 9.17) is 0 Å². The van der Waals surface area contributed by atoms with E-state index in [0.29, 0.717) is 0 Å². The monoisotopic (exact) mass is 326 g/mol. The van der Waals surface area contributed by atoms with E-state index >= 15 is 0 Å². The zero-order valence-electron chi connectivity index (χ0n) is 15.9. The van der Waals surface area contributed by atoms with Crippen molar-refractivity contribution in [3.63, 3.8) is 0 Å². The molecule has 0 saturated carbocycles. The van der Waals surface area contributed by atoms with Crippen molar-refractivity contribution in [2.75, 3.05) is 0 Å². The first kappa shape index (κ1) is 16.1. The molecule has 0 saturated heterocycles. The Balaban J connectivity index is 2.19. The molecule has 0 spiro atoms. The van der Waals surface area contributed by atoms with Crippen molar-refractivity contribution in [2.45, 2.75) is 46.5 Å². The van der Waals surface area contributed by atoms with E-state index < -0.39 is 0 Å². The fraction of sp³-hybridized carbons (Fsp3) is 0.280. The van der Waals surface area contributed by atoms with Crippen molar-refractivity contribution in [1.29, 1.82) is 0 Å². The molecule has 0 aliphatic heterocycles. The average Bonchev–Trinajstić information content (AvgIpc) is 3.17. The Morgan fingerprint density at radius 1 is 0.920 bits per heavy atom. The molecule has 2 aromatic rings. The number of allylic oxidation sites excluding steroid dienone is 4. The fourth-order valence-corrected chi connectivity index (χ4v) is 4.12. The zero-order valence-corrected chi connectivity index (χ0v) is 15.9. The number of hydrogen-bond donors (Lipinski definition) is 0. The second kappa shape index (κ2) is 5.59. The van der Waals surface area contributed by atoms with E-state index in [9.17, 15) is 0 Å². The smallest absolute Gasteiger partial charge is 0.00635 e. The van der Waals surface area contributed by atoms with Crippen molar-refractivity contribution in [2.24, 2.45) is 0 Å². The summed E-state index contributed by atoms with van der Waals surface area (Å²) in [6.45, 7) is 11.4. The number of fused-ring (bicyclic) bond motifs is 2. The molecular weight excluding hydrogens is 300 g/mol. The van der Waals surface area contributed by atoms with Gasteiger partial charge in [-0.15, -0.1) is 0 Å². The minimum Gasteiger partial charge on any atom is -0.0801 e. The van der Waals surface area contributed by atoms with Gasteiger partial charge in [-0.05, 0) is 81.0 Å². The van der Waals surface area contributed by atoms with E-state index in [0.717, 1.165) is 6.42 Å². The summed E-state index contributed by atoms with van der Waals surface area (Å²) in [5, 5.41) is 5.57. The van der Waals surface area contributed by atoms with Crippen LogP contribution in [-0.2, 0) is 5.41 Å². The van der Waals surface area contributed by atoms with Gasteiger partial charge in [-0.2, -0.15) is 0 Å². The van der Waals surface area contributed by atoms with E-state index in [1.165, 1.54) is 48.7 Å². The zero-order chi connectivity index (χ0) is 17.8. The molecule has 0 heteroatoms. The summed E-state index contributed by atoms with van der Waals surface area (Å²) in [5.74, 6) is 0. The largest absolute Gasteiger partial charge is 0.0801 e. The van der Waals surface area contributed by atoms with Crippen LogP contribution in [0.4, 0.5) is 0 Å². The predicted molar refractivity (Wildman–Crippen MR) is 108 cm³/mol. The van der Waals surface area contributed by atoms with Crippen molar-refractivity contribution in [3.05, 3.63) is 92.2 Å². The second-order valence-electron chi connectivity index (χ2n) is 8.44. The molecule has 0 radical (unpaired) electrons. The normalized spacial score (nSPS) is 15.2. The molecule has 2 aromatic carbocycles. The highest BCUT2D eigenvalue weighted by Crippen LogP contribution is 2.31. The molecule has 25 heavy (non-hydrogen) atoms. The Hall–Kier alpha value is -2.34. The minimum atomic E-state index is 0.132. The highest BCUT2D eigenvalue weighted by molar-refractivity contribution is 5.83. The minimum absolute atomic E-state index is 0.132. The van der Waals surface area contributed by atoms with Gasteiger partial charge in [0.15, 0.2) is 0 Å². The molecule has 0 amide bonds. The first-order valence-electron chi connectivity index (χ1n) is 9.20. The van der Waals surface area contributed by atoms with Crippen LogP contribution in [0.15, 0.2) is 60.2 Å². The molecule has 0 heterocycles. The van der Waals surface area contributed by atoms with Gasteiger partial charge < -0.3 is 0 Å². The molecule has 0 fully saturated rings. The quantitative estimate of drug-likeness (QED) is 0.702. The van der Waals surface area contributed by atoms with Crippen LogP contribution >= 0.6 is 0 Å². The second-order valence-corrected chi connectivity index (χ2v) is 8.44. The maximum absolute atomic E-state index is 2.45. The fourth-order valence-electron chi connectivity index (χ4n) is 4.12. The van der Waals surface area contributed by atoms with Crippen molar-refractivity contribution in [1.82, 2.24) is 0 Å². The maximum Gasteiger partial charge on any atom is -0.00635 e. The molecular formula is C25H26. The molecule has 0 N–H and O–H groups in total. The first-order valence-corrected chi connectivity index (χ1v) is 9.20. The standard InChI is InChI=1S/C25H26/c1-16(2)20-14-22-21(15-23(20)25(3,4)5)18-12-8-9-13-19(18)24(22)17-10-6-7-11-17/h6-10,12-15H,11H2,1-5H3. The average molecular weight is 326 g/mol. The lowest BCUT2D eigenvalue weighted by Gasteiger charge is -2.22. The number of hydrogen-bond acceptors (Lipinski definition) is 0. The third kappa shape index (κ3) is 2.52. The van der Waals surface area contributed by atoms with Crippen LogP contribution in [-0.4, -0.2) is 0 Å². The summed E-state index contributed by atoms with van der Waals surface area (Å²) in [4.78, 5) is 0. The van der Waals surface area contributed by atoms with Crippen LogP contribution in [0.2, 0.25) is 0 Å². The summed E-state index contributed by atoms with van der Waals surface area (Å²) >= 11 is 0. The summed E-state index contributed by atoms with van der Waals surface area (Å²) < 4.78 is 0. The molecule has 0 nitrogen and oxygen atoms in total. The third-order valence-corrected chi connectivity index (χ3v) is 5.35. The third-order valence-electron chi connectivity index (χ3n) is 5.35. The Kier molecular flexibility index (Phi) is 3.61. The van der Waals surface area contributed by atoms with E-state index in [2.05, 4.69) is 89.2 Å². The SMILES string of the molecule is CC(C)=c1cc2c(cc1C(C)(C)C)=c1ccccc1=C2C1=CC=CC1. The van der Waals surface area contributed by atoms with Crippen LogP contribution in [0.5, 0.6) is 0 Å². The van der Waals surface area contributed by atoms with Crippen LogP contribution in [0, 0.1) is 10.4 Å². The van der Waals surface area contributed by atoms with Gasteiger partial charge in [-0.3, -0.25) is 0 Å². The molecule has 4 rings (SSSR count). The first-order chi connectivity index (χ1) is 11.9. The van der Waals surface area contributed by atoms with Gasteiger partial charge in [-0.1, -0.05) is 68.8 Å². The highest BCUT2D eigenvalue weighted by atomic mass is 14.3. The molecule has 0 unspecified atom stereocenters. The van der Waals surface area contributed by atoms with Gasteiger partial charge >= 0.3 is 0 Å². The molecule has 126 valence electrons. The topological polar surface area (TPSA) is 0 Å². The van der Waals surface area contributed by atoms with E-state index in [1.54, 1.807) is 0 Å². The van der Waals surface area contributed by atoms with Crippen molar-refractivity contribution >= 4 is 11.1 Å². The molecule has 0 atom stereocenters. The van der Waals surface area contributed by atoms with Crippen LogP contribution in [0.25, 0.3) is 11.1 Å². The summed E-state index contributed by atoms with van der Waals surface area (Å²) in [6, 6.07) is 13.8. The van der Waals surface area contributed by atoms with Crippen LogP contribution in [0.3, 0.4) is 0 Å². The summed E-state index contributed by atoms with van der Waals surface area (Å²) in [7, 11) is 0. The summed E-state index contributed by atoms with van der Waals surface area (Å²) in [6.07, 6.45) is 7.75. The molecule has 0 aromatic heterocycles. The number of benzene rings is 2. The lowest BCUT2D eigenvalue weighted by molar-refractivity contribution is 0.585.